The molecule has 88 valence electrons. The zero-order valence-corrected chi connectivity index (χ0v) is 11.0. The lowest BCUT2D eigenvalue weighted by molar-refractivity contribution is 0.148. The van der Waals surface area contributed by atoms with Gasteiger partial charge >= 0.3 is 0 Å². The molecule has 0 aliphatic carbocycles. The molecule has 4 heteroatoms. The van der Waals surface area contributed by atoms with Gasteiger partial charge in [-0.05, 0) is 31.0 Å². The van der Waals surface area contributed by atoms with E-state index in [0.29, 0.717) is 0 Å². The quantitative estimate of drug-likeness (QED) is 0.838. The summed E-state index contributed by atoms with van der Waals surface area (Å²) < 4.78 is 0. The van der Waals surface area contributed by atoms with Crippen LogP contribution >= 0.6 is 23.7 Å². The molecule has 1 aromatic heterocycles. The van der Waals surface area contributed by atoms with E-state index in [9.17, 15) is 5.11 Å². The van der Waals surface area contributed by atoms with E-state index < -0.39 is 0 Å². The van der Waals surface area contributed by atoms with Crippen LogP contribution in [0, 0.1) is 0 Å². The van der Waals surface area contributed by atoms with E-state index >= 15 is 0 Å². The van der Waals surface area contributed by atoms with Crippen molar-refractivity contribution in [2.45, 2.75) is 26.4 Å². The van der Waals surface area contributed by atoms with Gasteiger partial charge in [-0.25, -0.2) is 0 Å². The van der Waals surface area contributed by atoms with Crippen molar-refractivity contribution in [2.24, 2.45) is 0 Å². The maximum Gasteiger partial charge on any atom is 0.0894 e. The average molecular weight is 250 g/mol. The predicted octanol–water partition coefficient (Wildman–Crippen LogP) is 2.94. The Morgan fingerprint density at radius 2 is 2.07 bits per heavy atom. The number of hydrogen-bond acceptors (Lipinski definition) is 3. The predicted molar refractivity (Wildman–Crippen MR) is 68.9 cm³/mol. The van der Waals surface area contributed by atoms with Crippen LogP contribution in [0.15, 0.2) is 17.5 Å². The van der Waals surface area contributed by atoms with Crippen molar-refractivity contribution in [1.82, 2.24) is 4.90 Å². The van der Waals surface area contributed by atoms with E-state index in [1.807, 2.05) is 17.5 Å². The Bertz CT molecular complexity index is 237. The summed E-state index contributed by atoms with van der Waals surface area (Å²) >= 11 is 1.63. The van der Waals surface area contributed by atoms with Crippen molar-refractivity contribution >= 4 is 23.7 Å². The second-order valence-electron chi connectivity index (χ2n) is 3.35. The van der Waals surface area contributed by atoms with Crippen molar-refractivity contribution < 1.29 is 5.11 Å². The van der Waals surface area contributed by atoms with Gasteiger partial charge in [0.15, 0.2) is 0 Å². The Balaban J connectivity index is 0.00000196. The number of nitrogens with zero attached hydrogens (tertiary/aromatic N) is 1. The molecular formula is C11H20ClNOS. The minimum atomic E-state index is -0.282. The van der Waals surface area contributed by atoms with E-state index in [1.54, 1.807) is 11.3 Å². The van der Waals surface area contributed by atoms with Crippen LogP contribution in [0.1, 0.15) is 31.2 Å². The molecular weight excluding hydrogens is 230 g/mol. The van der Waals surface area contributed by atoms with Gasteiger partial charge in [0.2, 0.25) is 0 Å². The molecule has 15 heavy (non-hydrogen) atoms. The zero-order chi connectivity index (χ0) is 10.4. The lowest BCUT2D eigenvalue weighted by Crippen LogP contribution is -2.25. The number of aliphatic hydroxyl groups is 1. The van der Waals surface area contributed by atoms with E-state index in [-0.39, 0.29) is 18.5 Å². The maximum atomic E-state index is 9.83. The van der Waals surface area contributed by atoms with Crippen molar-refractivity contribution in [3.63, 3.8) is 0 Å². The van der Waals surface area contributed by atoms with Crippen molar-refractivity contribution in [3.8, 4) is 0 Å². The van der Waals surface area contributed by atoms with Crippen LogP contribution in [0.25, 0.3) is 0 Å². The number of rotatable bonds is 6. The zero-order valence-electron chi connectivity index (χ0n) is 9.35. The van der Waals surface area contributed by atoms with E-state index in [0.717, 1.165) is 30.9 Å². The summed E-state index contributed by atoms with van der Waals surface area (Å²) in [6, 6.07) is 3.98. The Labute approximate surface area is 102 Å². The molecule has 0 radical (unpaired) electrons. The Kier molecular flexibility index (Phi) is 8.06. The molecule has 1 N–H and O–H groups in total. The van der Waals surface area contributed by atoms with E-state index in [2.05, 4.69) is 18.7 Å². The monoisotopic (exact) mass is 249 g/mol. The van der Waals surface area contributed by atoms with Crippen LogP contribution in [0.4, 0.5) is 0 Å². The molecule has 1 rings (SSSR count). The van der Waals surface area contributed by atoms with Gasteiger partial charge in [-0.2, -0.15) is 0 Å². The van der Waals surface area contributed by atoms with Crippen molar-refractivity contribution in [3.05, 3.63) is 22.4 Å². The average Bonchev–Trinajstić information content (AvgIpc) is 2.72. The van der Waals surface area contributed by atoms with Crippen LogP contribution in [0.5, 0.6) is 0 Å². The molecule has 0 amide bonds. The Morgan fingerprint density at radius 3 is 2.53 bits per heavy atom. The van der Waals surface area contributed by atoms with Crippen LogP contribution in [-0.2, 0) is 0 Å². The standard InChI is InChI=1S/C11H19NOS.ClH/c1-3-12(4-2)8-7-10(13)11-6-5-9-14-11;/h5-6,9-10,13H,3-4,7-8H2,1-2H3;1H. The molecule has 0 fully saturated rings. The van der Waals surface area contributed by atoms with Gasteiger partial charge < -0.3 is 10.0 Å². The molecule has 2 nitrogen and oxygen atoms in total. The summed E-state index contributed by atoms with van der Waals surface area (Å²) in [7, 11) is 0. The van der Waals surface area contributed by atoms with Crippen LogP contribution < -0.4 is 0 Å². The molecule has 0 saturated heterocycles. The first kappa shape index (κ1) is 14.9. The number of hydrogen-bond donors (Lipinski definition) is 1. The van der Waals surface area contributed by atoms with Crippen LogP contribution in [0.3, 0.4) is 0 Å². The normalized spacial score (nSPS) is 12.5. The fraction of sp³-hybridized carbons (Fsp3) is 0.636. The van der Waals surface area contributed by atoms with Gasteiger partial charge in [0, 0.05) is 11.4 Å². The highest BCUT2D eigenvalue weighted by molar-refractivity contribution is 7.10. The first-order valence-electron chi connectivity index (χ1n) is 5.21. The summed E-state index contributed by atoms with van der Waals surface area (Å²) in [6.07, 6.45) is 0.554. The van der Waals surface area contributed by atoms with E-state index in [1.165, 1.54) is 0 Å². The molecule has 1 heterocycles. The third-order valence-corrected chi connectivity index (χ3v) is 3.46. The number of thiophene rings is 1. The molecule has 0 aliphatic rings. The molecule has 0 aliphatic heterocycles. The molecule has 0 saturated carbocycles. The third kappa shape index (κ3) is 4.98. The number of aliphatic hydroxyl groups excluding tert-OH is 1. The van der Waals surface area contributed by atoms with Gasteiger partial charge in [-0.3, -0.25) is 0 Å². The minimum absolute atomic E-state index is 0. The fourth-order valence-corrected chi connectivity index (χ4v) is 2.21. The minimum Gasteiger partial charge on any atom is -0.388 e. The van der Waals surface area contributed by atoms with Gasteiger partial charge in [0.1, 0.15) is 0 Å². The first-order chi connectivity index (χ1) is 6.77. The lowest BCUT2D eigenvalue weighted by Gasteiger charge is -2.19. The molecule has 0 bridgehead atoms. The van der Waals surface area contributed by atoms with Crippen LogP contribution in [0.2, 0.25) is 0 Å². The molecule has 1 aromatic rings. The van der Waals surface area contributed by atoms with E-state index in [4.69, 9.17) is 0 Å². The van der Waals surface area contributed by atoms with Crippen molar-refractivity contribution in [1.29, 1.82) is 0 Å². The Hall–Kier alpha value is -0.0900. The first-order valence-corrected chi connectivity index (χ1v) is 6.09. The fourth-order valence-electron chi connectivity index (χ4n) is 1.47. The van der Waals surface area contributed by atoms with Crippen LogP contribution in [-0.4, -0.2) is 29.6 Å². The maximum absolute atomic E-state index is 9.83. The number of halogens is 1. The topological polar surface area (TPSA) is 23.5 Å². The van der Waals surface area contributed by atoms with Gasteiger partial charge in [-0.15, -0.1) is 23.7 Å². The molecule has 0 aromatic carbocycles. The second kappa shape index (κ2) is 8.11. The second-order valence-corrected chi connectivity index (χ2v) is 4.33. The summed E-state index contributed by atoms with van der Waals surface area (Å²) in [5, 5.41) is 11.8. The summed E-state index contributed by atoms with van der Waals surface area (Å²) in [5.74, 6) is 0. The third-order valence-electron chi connectivity index (χ3n) is 2.48. The Morgan fingerprint density at radius 1 is 1.40 bits per heavy atom. The summed E-state index contributed by atoms with van der Waals surface area (Å²) in [4.78, 5) is 3.41. The molecule has 1 unspecified atom stereocenters. The highest BCUT2D eigenvalue weighted by atomic mass is 35.5. The summed E-state index contributed by atoms with van der Waals surface area (Å²) in [5.41, 5.74) is 0. The summed E-state index contributed by atoms with van der Waals surface area (Å²) in [6.45, 7) is 7.41. The van der Waals surface area contributed by atoms with Gasteiger partial charge in [0.25, 0.3) is 0 Å². The van der Waals surface area contributed by atoms with Gasteiger partial charge in [0.05, 0.1) is 6.10 Å². The molecule has 1 atom stereocenters. The largest absolute Gasteiger partial charge is 0.388 e. The highest BCUT2D eigenvalue weighted by Gasteiger charge is 2.09. The SMILES string of the molecule is CCN(CC)CCC(O)c1cccs1.Cl. The lowest BCUT2D eigenvalue weighted by atomic mass is 10.2. The smallest absolute Gasteiger partial charge is 0.0894 e. The van der Waals surface area contributed by atoms with Gasteiger partial charge in [-0.1, -0.05) is 19.9 Å². The highest BCUT2D eigenvalue weighted by Crippen LogP contribution is 2.21. The molecule has 0 spiro atoms. The van der Waals surface area contributed by atoms with Crippen molar-refractivity contribution in [2.75, 3.05) is 19.6 Å².